The van der Waals surface area contributed by atoms with E-state index in [0.717, 1.165) is 33.9 Å². The Morgan fingerprint density at radius 1 is 0.786 bits per heavy atom. The summed E-state index contributed by atoms with van der Waals surface area (Å²) < 4.78 is 1.79. The largest absolute Gasteiger partial charge is 0.308 e. The Bertz CT molecular complexity index is 1180. The second kappa shape index (κ2) is 6.46. The van der Waals surface area contributed by atoms with E-state index in [-0.39, 0.29) is 5.91 Å². The molecule has 0 saturated carbocycles. The lowest BCUT2D eigenvalue weighted by atomic mass is 9.99. The van der Waals surface area contributed by atoms with Crippen LogP contribution in [0.2, 0.25) is 0 Å². The van der Waals surface area contributed by atoms with E-state index in [2.05, 4.69) is 10.3 Å². The van der Waals surface area contributed by atoms with Crippen molar-refractivity contribution >= 4 is 11.6 Å². The summed E-state index contributed by atoms with van der Waals surface area (Å²) in [6, 6.07) is 25.5. The van der Waals surface area contributed by atoms with E-state index >= 15 is 0 Å². The Morgan fingerprint density at radius 2 is 1.43 bits per heavy atom. The highest BCUT2D eigenvalue weighted by molar-refractivity contribution is 6.11. The lowest BCUT2D eigenvalue weighted by Gasteiger charge is -2.27. The van der Waals surface area contributed by atoms with Gasteiger partial charge in [-0.15, -0.1) is 5.10 Å². The molecule has 28 heavy (non-hydrogen) atoms. The van der Waals surface area contributed by atoms with Crippen LogP contribution in [0.15, 0.2) is 78.9 Å². The van der Waals surface area contributed by atoms with Gasteiger partial charge >= 0.3 is 0 Å². The number of rotatable bonds is 2. The zero-order valence-corrected chi connectivity index (χ0v) is 15.4. The van der Waals surface area contributed by atoms with Gasteiger partial charge in [0.15, 0.2) is 0 Å². The van der Waals surface area contributed by atoms with Crippen molar-refractivity contribution in [3.8, 4) is 28.2 Å². The fraction of sp³-hybridized carbons (Fsp3) is 0.0870. The van der Waals surface area contributed by atoms with Gasteiger partial charge in [-0.25, -0.2) is 4.68 Å². The number of anilines is 1. The van der Waals surface area contributed by atoms with Crippen LogP contribution in [0, 0.1) is 0 Å². The van der Waals surface area contributed by atoms with E-state index in [0.29, 0.717) is 12.1 Å². The Labute approximate surface area is 162 Å². The molecule has 1 aliphatic heterocycles. The normalized spacial score (nSPS) is 12.6. The van der Waals surface area contributed by atoms with Crippen LogP contribution < -0.4 is 4.90 Å². The van der Waals surface area contributed by atoms with E-state index in [4.69, 9.17) is 0 Å². The Hall–Kier alpha value is -3.73. The molecule has 0 bridgehead atoms. The average Bonchev–Trinajstić information content (AvgIpc) is 3.19. The van der Waals surface area contributed by atoms with Gasteiger partial charge in [-0.1, -0.05) is 65.9 Å². The quantitative estimate of drug-likeness (QED) is 0.522. The van der Waals surface area contributed by atoms with Crippen molar-refractivity contribution in [1.29, 1.82) is 0 Å². The summed E-state index contributed by atoms with van der Waals surface area (Å²) in [4.78, 5) is 15.2. The Kier molecular flexibility index (Phi) is 3.79. The Morgan fingerprint density at radius 3 is 2.18 bits per heavy atom. The summed E-state index contributed by atoms with van der Waals surface area (Å²) in [5, 5.41) is 8.96. The minimum atomic E-state index is -0.0343. The highest BCUT2D eigenvalue weighted by atomic mass is 16.2. The predicted octanol–water partition coefficient (Wildman–Crippen LogP) is 4.58. The van der Waals surface area contributed by atoms with Gasteiger partial charge in [-0.3, -0.25) is 4.79 Å². The molecule has 1 amide bonds. The van der Waals surface area contributed by atoms with Crippen LogP contribution in [-0.2, 0) is 0 Å². The van der Waals surface area contributed by atoms with Crippen molar-refractivity contribution in [3.63, 3.8) is 0 Å². The van der Waals surface area contributed by atoms with E-state index in [1.807, 2.05) is 90.7 Å². The molecule has 0 aliphatic carbocycles. The predicted molar refractivity (Wildman–Crippen MR) is 110 cm³/mol. The molecule has 4 aromatic rings. The third-order valence-electron chi connectivity index (χ3n) is 5.09. The number of hydrogen-bond acceptors (Lipinski definition) is 3. The highest BCUT2D eigenvalue weighted by Crippen LogP contribution is 2.40. The number of amides is 1. The van der Waals surface area contributed by atoms with E-state index in [1.54, 1.807) is 4.68 Å². The zero-order valence-electron chi connectivity index (χ0n) is 15.4. The Balaban J connectivity index is 1.91. The zero-order chi connectivity index (χ0) is 19.1. The molecule has 1 aromatic heterocycles. The van der Waals surface area contributed by atoms with Crippen molar-refractivity contribution < 1.29 is 4.79 Å². The van der Waals surface area contributed by atoms with Gasteiger partial charge < -0.3 is 4.90 Å². The second-order valence-corrected chi connectivity index (χ2v) is 6.65. The van der Waals surface area contributed by atoms with Crippen LogP contribution in [0.25, 0.3) is 28.2 Å². The number of hydrogen-bond donors (Lipinski definition) is 0. The van der Waals surface area contributed by atoms with Crippen LogP contribution >= 0.6 is 0 Å². The number of carbonyl (C=O) groups is 1. The molecule has 1 aliphatic rings. The first-order valence-corrected chi connectivity index (χ1v) is 9.31. The lowest BCUT2D eigenvalue weighted by molar-refractivity contribution is 0.0988. The summed E-state index contributed by atoms with van der Waals surface area (Å²) in [5.74, 6) is -0.0343. The molecule has 0 saturated heterocycles. The fourth-order valence-electron chi connectivity index (χ4n) is 3.80. The summed E-state index contributed by atoms with van der Waals surface area (Å²) in [7, 11) is 0. The summed E-state index contributed by atoms with van der Waals surface area (Å²) in [6.45, 7) is 2.57. The van der Waals surface area contributed by atoms with Crippen LogP contribution in [0.1, 0.15) is 17.3 Å². The first-order chi connectivity index (χ1) is 13.8. The van der Waals surface area contributed by atoms with Crippen LogP contribution in [0.4, 0.5) is 5.69 Å². The smallest absolute Gasteiger partial charge is 0.260 e. The number of fused-ring (bicyclic) bond motifs is 5. The topological polar surface area (TPSA) is 51.0 Å². The number of carbonyl (C=O) groups excluding carboxylic acids is 1. The monoisotopic (exact) mass is 366 g/mol. The van der Waals surface area contributed by atoms with Gasteiger partial charge in [-0.05, 0) is 25.1 Å². The standard InChI is InChI=1S/C23H18N4O/c1-2-26-19-14-8-6-12-17(19)22-21(16-10-4-3-5-11-16)24-25-27(22)20-15-9-7-13-18(20)23(26)28/h3-15H,2H2,1H3. The first-order valence-electron chi connectivity index (χ1n) is 9.31. The van der Waals surface area contributed by atoms with Gasteiger partial charge in [0.25, 0.3) is 5.91 Å². The molecule has 136 valence electrons. The summed E-state index contributed by atoms with van der Waals surface area (Å²) >= 11 is 0. The lowest BCUT2D eigenvalue weighted by Crippen LogP contribution is -2.33. The van der Waals surface area contributed by atoms with Crippen molar-refractivity contribution in [2.75, 3.05) is 11.4 Å². The number of para-hydroxylation sites is 2. The van der Waals surface area contributed by atoms with E-state index in [1.165, 1.54) is 0 Å². The maximum atomic E-state index is 13.3. The summed E-state index contributed by atoms with van der Waals surface area (Å²) in [6.07, 6.45) is 0. The third kappa shape index (κ3) is 2.36. The van der Waals surface area contributed by atoms with Gasteiger partial charge in [0.05, 0.1) is 16.9 Å². The minimum Gasteiger partial charge on any atom is -0.308 e. The molecule has 0 unspecified atom stereocenters. The van der Waals surface area contributed by atoms with Crippen molar-refractivity contribution in [2.24, 2.45) is 0 Å². The van der Waals surface area contributed by atoms with E-state index in [9.17, 15) is 4.79 Å². The van der Waals surface area contributed by atoms with Gasteiger partial charge in [0.1, 0.15) is 11.4 Å². The van der Waals surface area contributed by atoms with Crippen molar-refractivity contribution in [3.05, 3.63) is 84.4 Å². The molecule has 5 nitrogen and oxygen atoms in total. The third-order valence-corrected chi connectivity index (χ3v) is 5.09. The van der Waals surface area contributed by atoms with Gasteiger partial charge in [0.2, 0.25) is 0 Å². The SMILES string of the molecule is CCN1C(=O)c2ccccc2-n2nnc(-c3ccccc3)c2-c2ccccc21. The molecular weight excluding hydrogens is 348 g/mol. The molecule has 0 radical (unpaired) electrons. The molecule has 5 rings (SSSR count). The average molecular weight is 366 g/mol. The molecule has 0 N–H and O–H groups in total. The van der Waals surface area contributed by atoms with E-state index < -0.39 is 0 Å². The molecular formula is C23H18N4O. The van der Waals surface area contributed by atoms with Crippen molar-refractivity contribution in [1.82, 2.24) is 15.0 Å². The maximum Gasteiger partial charge on any atom is 0.260 e. The first kappa shape index (κ1) is 16.4. The van der Waals surface area contributed by atoms with Crippen LogP contribution in [0.5, 0.6) is 0 Å². The molecule has 0 atom stereocenters. The number of benzene rings is 3. The number of nitrogens with zero attached hydrogens (tertiary/aromatic N) is 4. The number of aromatic nitrogens is 3. The van der Waals surface area contributed by atoms with Crippen LogP contribution in [0.3, 0.4) is 0 Å². The summed E-state index contributed by atoms with van der Waals surface area (Å²) in [5.41, 5.74) is 5.84. The van der Waals surface area contributed by atoms with Crippen LogP contribution in [-0.4, -0.2) is 27.4 Å². The van der Waals surface area contributed by atoms with Crippen molar-refractivity contribution in [2.45, 2.75) is 6.92 Å². The molecule has 0 spiro atoms. The molecule has 3 aromatic carbocycles. The minimum absolute atomic E-state index is 0.0343. The fourth-order valence-corrected chi connectivity index (χ4v) is 3.80. The maximum absolute atomic E-state index is 13.3. The molecule has 0 fully saturated rings. The highest BCUT2D eigenvalue weighted by Gasteiger charge is 2.30. The molecule has 2 heterocycles. The van der Waals surface area contributed by atoms with Gasteiger partial charge in [0, 0.05) is 17.7 Å². The second-order valence-electron chi connectivity index (χ2n) is 6.65. The molecule has 5 heteroatoms. The van der Waals surface area contributed by atoms with Gasteiger partial charge in [-0.2, -0.15) is 0 Å².